The maximum Gasteiger partial charge on any atom is 0.303 e. The number of carbonyl (C=O) groups excluding carboxylic acids is 2. The highest BCUT2D eigenvalue weighted by molar-refractivity contribution is 5.80. The molecule has 2 saturated carbocycles. The van der Waals surface area contributed by atoms with E-state index in [-0.39, 0.29) is 36.1 Å². The van der Waals surface area contributed by atoms with Crippen molar-refractivity contribution in [2.45, 2.75) is 89.6 Å². The van der Waals surface area contributed by atoms with E-state index < -0.39 is 11.5 Å². The molecule has 0 bridgehead atoms. The van der Waals surface area contributed by atoms with E-state index in [4.69, 9.17) is 5.11 Å². The second kappa shape index (κ2) is 8.68. The van der Waals surface area contributed by atoms with Gasteiger partial charge in [-0.25, -0.2) is 0 Å². The second-order valence-corrected chi connectivity index (χ2v) is 8.31. The molecule has 0 aromatic carbocycles. The molecule has 0 spiro atoms. The minimum atomic E-state index is -0.846. The van der Waals surface area contributed by atoms with Crippen LogP contribution in [-0.4, -0.2) is 34.5 Å². The van der Waals surface area contributed by atoms with Crippen LogP contribution in [0.5, 0.6) is 0 Å². The third kappa shape index (κ3) is 6.33. The van der Waals surface area contributed by atoms with Crippen molar-refractivity contribution in [3.05, 3.63) is 0 Å². The first kappa shape index (κ1) is 19.7. The molecule has 0 atom stereocenters. The van der Waals surface area contributed by atoms with Crippen LogP contribution in [0.25, 0.3) is 0 Å². The Bertz CT molecular complexity index is 490. The van der Waals surface area contributed by atoms with Crippen molar-refractivity contribution in [2.24, 2.45) is 11.8 Å². The minimum absolute atomic E-state index is 0.0101. The third-order valence-corrected chi connectivity index (χ3v) is 5.60. The van der Waals surface area contributed by atoms with Gasteiger partial charge in [-0.1, -0.05) is 12.8 Å². The molecule has 0 aliphatic heterocycles. The zero-order chi connectivity index (χ0) is 18.4. The highest BCUT2D eigenvalue weighted by Gasteiger charge is 2.31. The molecule has 2 rings (SSSR count). The lowest BCUT2D eigenvalue weighted by Gasteiger charge is -2.32. The van der Waals surface area contributed by atoms with Crippen LogP contribution in [0.15, 0.2) is 0 Å². The second-order valence-electron chi connectivity index (χ2n) is 8.31. The molecule has 6 nitrogen and oxygen atoms in total. The van der Waals surface area contributed by atoms with Gasteiger partial charge in [0.15, 0.2) is 0 Å². The maximum atomic E-state index is 12.5. The molecule has 0 aromatic rings. The lowest BCUT2D eigenvalue weighted by molar-refractivity contribution is -0.138. The van der Waals surface area contributed by atoms with Gasteiger partial charge in [-0.3, -0.25) is 14.4 Å². The van der Waals surface area contributed by atoms with Crippen LogP contribution in [-0.2, 0) is 14.4 Å². The number of nitrogens with one attached hydrogen (secondary N) is 2. The highest BCUT2D eigenvalue weighted by Crippen LogP contribution is 2.28. The van der Waals surface area contributed by atoms with Crippen LogP contribution in [0.1, 0.15) is 78.1 Å². The van der Waals surface area contributed by atoms with E-state index in [1.807, 2.05) is 13.8 Å². The fraction of sp³-hybridized carbons (Fsp3) is 0.842. The summed E-state index contributed by atoms with van der Waals surface area (Å²) in [4.78, 5) is 35.4. The summed E-state index contributed by atoms with van der Waals surface area (Å²) in [6, 6.07) is 0.192. The van der Waals surface area contributed by atoms with Crippen LogP contribution in [0.3, 0.4) is 0 Å². The van der Waals surface area contributed by atoms with Crippen LogP contribution >= 0.6 is 0 Å². The predicted molar refractivity (Wildman–Crippen MR) is 94.9 cm³/mol. The third-order valence-electron chi connectivity index (χ3n) is 5.60. The smallest absolute Gasteiger partial charge is 0.303 e. The SMILES string of the molecule is CC(C)(CCC(=O)O)NC(=O)C1CCC(NC(=O)C2CCCC2)CC1. The summed E-state index contributed by atoms with van der Waals surface area (Å²) in [5.74, 6) is -0.489. The minimum Gasteiger partial charge on any atom is -0.481 e. The molecule has 3 N–H and O–H groups in total. The molecule has 2 aliphatic carbocycles. The number of carboxylic acid groups (broad SMARTS) is 1. The molecule has 0 heterocycles. The average Bonchev–Trinajstić information content (AvgIpc) is 3.08. The van der Waals surface area contributed by atoms with Crippen molar-refractivity contribution in [1.82, 2.24) is 10.6 Å². The van der Waals surface area contributed by atoms with Crippen molar-refractivity contribution in [3.8, 4) is 0 Å². The van der Waals surface area contributed by atoms with Gasteiger partial charge in [-0.05, 0) is 58.8 Å². The van der Waals surface area contributed by atoms with Gasteiger partial charge in [-0.15, -0.1) is 0 Å². The number of aliphatic carboxylic acids is 1. The first-order valence-corrected chi connectivity index (χ1v) is 9.61. The maximum absolute atomic E-state index is 12.5. The van der Waals surface area contributed by atoms with Gasteiger partial charge in [0.25, 0.3) is 0 Å². The largest absolute Gasteiger partial charge is 0.481 e. The Morgan fingerprint density at radius 2 is 1.48 bits per heavy atom. The molecule has 2 fully saturated rings. The summed E-state index contributed by atoms with van der Waals surface area (Å²) < 4.78 is 0. The van der Waals surface area contributed by atoms with Gasteiger partial charge < -0.3 is 15.7 Å². The summed E-state index contributed by atoms with van der Waals surface area (Å²) in [6.45, 7) is 3.72. The Kier molecular flexibility index (Phi) is 6.85. The molecule has 0 unspecified atom stereocenters. The predicted octanol–water partition coefficient (Wildman–Crippen LogP) is 2.61. The number of amides is 2. The van der Waals surface area contributed by atoms with Crippen LogP contribution in [0.4, 0.5) is 0 Å². The molecule has 142 valence electrons. The molecule has 0 radical (unpaired) electrons. The monoisotopic (exact) mass is 352 g/mol. The van der Waals surface area contributed by atoms with Crippen LogP contribution < -0.4 is 10.6 Å². The summed E-state index contributed by atoms with van der Waals surface area (Å²) in [5, 5.41) is 14.9. The van der Waals surface area contributed by atoms with E-state index in [0.29, 0.717) is 6.42 Å². The fourth-order valence-electron chi connectivity index (χ4n) is 3.92. The number of rotatable bonds is 7. The average molecular weight is 352 g/mol. The standard InChI is InChI=1S/C19H32N2O4/c1-19(2,12-11-16(22)23)21-18(25)14-7-9-15(10-8-14)20-17(24)13-5-3-4-6-13/h13-15H,3-12H2,1-2H3,(H,20,24)(H,21,25)(H,22,23). The number of hydrogen-bond donors (Lipinski definition) is 3. The van der Waals surface area contributed by atoms with E-state index in [1.54, 1.807) is 0 Å². The molecule has 2 aliphatic rings. The van der Waals surface area contributed by atoms with Gasteiger partial charge in [0.05, 0.1) is 0 Å². The topological polar surface area (TPSA) is 95.5 Å². The summed E-state index contributed by atoms with van der Waals surface area (Å²) >= 11 is 0. The van der Waals surface area contributed by atoms with Gasteiger partial charge in [0.1, 0.15) is 0 Å². The molecule has 0 saturated heterocycles. The normalized spacial score (nSPS) is 24.7. The first-order valence-electron chi connectivity index (χ1n) is 9.61. The van der Waals surface area contributed by atoms with Gasteiger partial charge >= 0.3 is 5.97 Å². The number of carboxylic acids is 1. The van der Waals surface area contributed by atoms with Crippen molar-refractivity contribution in [1.29, 1.82) is 0 Å². The number of carbonyl (C=O) groups is 3. The van der Waals surface area contributed by atoms with E-state index in [2.05, 4.69) is 10.6 Å². The Hall–Kier alpha value is -1.59. The van der Waals surface area contributed by atoms with E-state index in [1.165, 1.54) is 0 Å². The molecule has 6 heteroatoms. The highest BCUT2D eigenvalue weighted by atomic mass is 16.4. The zero-order valence-corrected chi connectivity index (χ0v) is 15.5. The van der Waals surface area contributed by atoms with E-state index in [9.17, 15) is 14.4 Å². The first-order chi connectivity index (χ1) is 11.8. The zero-order valence-electron chi connectivity index (χ0n) is 15.5. The van der Waals surface area contributed by atoms with E-state index >= 15 is 0 Å². The Morgan fingerprint density at radius 3 is 2.04 bits per heavy atom. The molecule has 25 heavy (non-hydrogen) atoms. The Labute approximate surface area is 150 Å². The Balaban J connectivity index is 1.72. The lowest BCUT2D eigenvalue weighted by Crippen LogP contribution is -2.48. The van der Waals surface area contributed by atoms with Crippen LogP contribution in [0.2, 0.25) is 0 Å². The molecular weight excluding hydrogens is 320 g/mol. The van der Waals surface area contributed by atoms with Crippen molar-refractivity contribution in [2.75, 3.05) is 0 Å². The van der Waals surface area contributed by atoms with Crippen molar-refractivity contribution < 1.29 is 19.5 Å². The Morgan fingerprint density at radius 1 is 0.920 bits per heavy atom. The quantitative estimate of drug-likeness (QED) is 0.656. The van der Waals surface area contributed by atoms with Crippen LogP contribution in [0, 0.1) is 11.8 Å². The van der Waals surface area contributed by atoms with Crippen molar-refractivity contribution >= 4 is 17.8 Å². The number of hydrogen-bond acceptors (Lipinski definition) is 3. The van der Waals surface area contributed by atoms with E-state index in [0.717, 1.165) is 51.4 Å². The van der Waals surface area contributed by atoms with Gasteiger partial charge in [-0.2, -0.15) is 0 Å². The molecule has 0 aromatic heterocycles. The summed E-state index contributed by atoms with van der Waals surface area (Å²) in [7, 11) is 0. The van der Waals surface area contributed by atoms with Crippen molar-refractivity contribution in [3.63, 3.8) is 0 Å². The summed E-state index contributed by atoms with van der Waals surface area (Å²) in [6.07, 6.45) is 8.02. The molecular formula is C19H32N2O4. The van der Waals surface area contributed by atoms with Gasteiger partial charge in [0.2, 0.25) is 11.8 Å². The summed E-state index contributed by atoms with van der Waals surface area (Å²) in [5.41, 5.74) is -0.511. The lowest BCUT2D eigenvalue weighted by atomic mass is 9.84. The fourth-order valence-corrected chi connectivity index (χ4v) is 3.92. The molecule has 2 amide bonds. The van der Waals surface area contributed by atoms with Gasteiger partial charge in [0, 0.05) is 29.8 Å².